The third kappa shape index (κ3) is 1.65. The highest BCUT2D eigenvalue weighted by Crippen LogP contribution is 2.48. The topological polar surface area (TPSA) is 53.9 Å². The van der Waals surface area contributed by atoms with Gasteiger partial charge in [0.1, 0.15) is 5.82 Å². The third-order valence-corrected chi connectivity index (χ3v) is 4.80. The van der Waals surface area contributed by atoms with Crippen LogP contribution in [0.4, 0.5) is 5.82 Å². The molecule has 1 aromatic rings. The van der Waals surface area contributed by atoms with Gasteiger partial charge in [0.15, 0.2) is 0 Å². The number of aromatic nitrogens is 2. The number of hydrogen-bond acceptors (Lipinski definition) is 4. The Labute approximate surface area is 107 Å². The first-order valence-corrected chi connectivity index (χ1v) is 7.11. The molecule has 0 bridgehead atoms. The van der Waals surface area contributed by atoms with E-state index in [9.17, 15) is 0 Å². The van der Waals surface area contributed by atoms with Crippen molar-refractivity contribution in [1.29, 1.82) is 0 Å². The molecular weight excluding hydrogens is 226 g/mol. The van der Waals surface area contributed by atoms with Gasteiger partial charge < -0.3 is 16.0 Å². The Kier molecular flexibility index (Phi) is 2.38. The van der Waals surface area contributed by atoms with Gasteiger partial charge in [-0.25, -0.2) is 4.68 Å². The van der Waals surface area contributed by atoms with Gasteiger partial charge in [-0.1, -0.05) is 0 Å². The number of nitrogens with zero attached hydrogens (tertiary/aromatic N) is 2. The highest BCUT2D eigenvalue weighted by atomic mass is 15.4. The van der Waals surface area contributed by atoms with Crippen molar-refractivity contribution in [3.8, 4) is 0 Å². The molecule has 4 rings (SSSR count). The molecule has 0 unspecified atom stereocenters. The Bertz CT molecular complexity index is 438. The van der Waals surface area contributed by atoms with Crippen LogP contribution in [0.25, 0.3) is 0 Å². The summed E-state index contributed by atoms with van der Waals surface area (Å²) in [6.07, 6.45) is 5.99. The Morgan fingerprint density at radius 2 is 2.44 bits per heavy atom. The maximum atomic E-state index is 4.43. The van der Waals surface area contributed by atoms with Gasteiger partial charge in [0.25, 0.3) is 0 Å². The van der Waals surface area contributed by atoms with Gasteiger partial charge in [-0.2, -0.15) is 5.10 Å². The maximum absolute atomic E-state index is 4.43. The molecule has 5 nitrogen and oxygen atoms in total. The third-order valence-electron chi connectivity index (χ3n) is 4.80. The molecule has 3 aliphatic rings. The lowest BCUT2D eigenvalue weighted by molar-refractivity contribution is 0.320. The molecule has 0 aromatic carbocycles. The molecule has 2 atom stereocenters. The van der Waals surface area contributed by atoms with Crippen molar-refractivity contribution in [2.45, 2.75) is 30.8 Å². The highest BCUT2D eigenvalue weighted by Gasteiger charge is 2.54. The maximum Gasteiger partial charge on any atom is 0.124 e. The second kappa shape index (κ2) is 3.96. The normalized spacial score (nSPS) is 34.8. The fourth-order valence-electron chi connectivity index (χ4n) is 3.38. The van der Waals surface area contributed by atoms with Gasteiger partial charge >= 0.3 is 0 Å². The van der Waals surface area contributed by atoms with Crippen molar-refractivity contribution in [3.63, 3.8) is 0 Å². The van der Waals surface area contributed by atoms with Gasteiger partial charge in [0.2, 0.25) is 0 Å². The minimum atomic E-state index is 0.394. The first-order valence-electron chi connectivity index (χ1n) is 7.11. The summed E-state index contributed by atoms with van der Waals surface area (Å²) < 4.78 is 2.13. The van der Waals surface area contributed by atoms with E-state index >= 15 is 0 Å². The van der Waals surface area contributed by atoms with Crippen molar-refractivity contribution >= 4 is 5.82 Å². The average molecular weight is 247 g/mol. The second-order valence-electron chi connectivity index (χ2n) is 5.95. The molecule has 18 heavy (non-hydrogen) atoms. The smallest absolute Gasteiger partial charge is 0.124 e. The molecular formula is C13H21N5. The number of anilines is 1. The summed E-state index contributed by atoms with van der Waals surface area (Å²) in [7, 11) is 0. The number of rotatable bonds is 4. The summed E-state index contributed by atoms with van der Waals surface area (Å²) in [4.78, 5) is 0. The zero-order valence-electron chi connectivity index (χ0n) is 10.7. The molecule has 1 aromatic heterocycles. The lowest BCUT2D eigenvalue weighted by atomic mass is 10.1. The Balaban J connectivity index is 1.41. The summed E-state index contributed by atoms with van der Waals surface area (Å²) >= 11 is 0. The number of hydrogen-bond donors (Lipinski definition) is 3. The van der Waals surface area contributed by atoms with Gasteiger partial charge in [-0.3, -0.25) is 0 Å². The molecule has 2 saturated heterocycles. The van der Waals surface area contributed by atoms with Gasteiger partial charge in [0, 0.05) is 31.2 Å². The minimum Gasteiger partial charge on any atom is -0.368 e. The van der Waals surface area contributed by atoms with Crippen LogP contribution in [-0.4, -0.2) is 41.5 Å². The van der Waals surface area contributed by atoms with Crippen molar-refractivity contribution in [2.75, 3.05) is 31.5 Å². The zero-order valence-corrected chi connectivity index (χ0v) is 10.7. The predicted molar refractivity (Wildman–Crippen MR) is 70.7 cm³/mol. The van der Waals surface area contributed by atoms with Crippen LogP contribution in [0, 0.1) is 5.92 Å². The fourth-order valence-corrected chi connectivity index (χ4v) is 3.38. The minimum absolute atomic E-state index is 0.394. The van der Waals surface area contributed by atoms with Crippen molar-refractivity contribution in [1.82, 2.24) is 20.4 Å². The van der Waals surface area contributed by atoms with Crippen LogP contribution in [0.5, 0.6) is 0 Å². The Morgan fingerprint density at radius 3 is 3.22 bits per heavy atom. The molecule has 0 spiro atoms. The number of fused-ring (bicyclic) bond motifs is 1. The van der Waals surface area contributed by atoms with Gasteiger partial charge in [0.05, 0.1) is 12.2 Å². The SMILES string of the molecule is c1cc(NC[C@]23C[C@H]2CCCN3)n(C2CNC2)n1. The second-order valence-corrected chi connectivity index (χ2v) is 5.95. The highest BCUT2D eigenvalue weighted by molar-refractivity contribution is 5.37. The van der Waals surface area contributed by atoms with E-state index in [4.69, 9.17) is 0 Å². The molecule has 2 aliphatic heterocycles. The molecule has 98 valence electrons. The Hall–Kier alpha value is -1.07. The molecule has 0 amide bonds. The quantitative estimate of drug-likeness (QED) is 0.728. The van der Waals surface area contributed by atoms with Crippen molar-refractivity contribution < 1.29 is 0 Å². The van der Waals surface area contributed by atoms with E-state index in [1.165, 1.54) is 31.6 Å². The van der Waals surface area contributed by atoms with Crippen molar-refractivity contribution in [2.24, 2.45) is 5.92 Å². The molecule has 1 aliphatic carbocycles. The van der Waals surface area contributed by atoms with Crippen LogP contribution in [0.3, 0.4) is 0 Å². The van der Waals surface area contributed by atoms with Gasteiger partial charge in [-0.05, 0) is 31.7 Å². The van der Waals surface area contributed by atoms with Crippen LogP contribution in [0.2, 0.25) is 0 Å². The van der Waals surface area contributed by atoms with E-state index in [1.54, 1.807) is 0 Å². The van der Waals surface area contributed by atoms with Crippen LogP contribution in [0.1, 0.15) is 25.3 Å². The summed E-state index contributed by atoms with van der Waals surface area (Å²) in [5.41, 5.74) is 0.394. The molecule has 1 saturated carbocycles. The van der Waals surface area contributed by atoms with E-state index in [0.29, 0.717) is 11.6 Å². The molecule has 0 radical (unpaired) electrons. The lowest BCUT2D eigenvalue weighted by Gasteiger charge is -2.30. The van der Waals surface area contributed by atoms with Crippen LogP contribution in [0.15, 0.2) is 12.3 Å². The number of piperidine rings is 1. The fraction of sp³-hybridized carbons (Fsp3) is 0.769. The molecule has 5 heteroatoms. The van der Waals surface area contributed by atoms with E-state index in [-0.39, 0.29) is 0 Å². The van der Waals surface area contributed by atoms with E-state index in [1.807, 2.05) is 6.20 Å². The van der Waals surface area contributed by atoms with Gasteiger partial charge in [-0.15, -0.1) is 0 Å². The average Bonchev–Trinajstić information content (AvgIpc) is 2.89. The summed E-state index contributed by atoms with van der Waals surface area (Å²) in [5, 5.41) is 15.0. The Morgan fingerprint density at radius 1 is 1.50 bits per heavy atom. The lowest BCUT2D eigenvalue weighted by Crippen LogP contribution is -2.45. The first kappa shape index (κ1) is 10.8. The van der Waals surface area contributed by atoms with E-state index in [2.05, 4.69) is 31.8 Å². The summed E-state index contributed by atoms with van der Waals surface area (Å²) in [5.74, 6) is 2.08. The van der Waals surface area contributed by atoms with Crippen LogP contribution >= 0.6 is 0 Å². The standard InChI is InChI=1S/C13H21N5/c1-2-10-6-13(10,16-4-1)9-15-12-3-5-17-18(12)11-7-14-8-11/h3,5,10-11,14-16H,1-2,4,6-9H2/t10-,13-/m1/s1. The van der Waals surface area contributed by atoms with Crippen LogP contribution in [-0.2, 0) is 0 Å². The monoisotopic (exact) mass is 247 g/mol. The molecule has 3 N–H and O–H groups in total. The molecule has 3 fully saturated rings. The van der Waals surface area contributed by atoms with Crippen LogP contribution < -0.4 is 16.0 Å². The van der Waals surface area contributed by atoms with E-state index in [0.717, 1.165) is 25.6 Å². The predicted octanol–water partition coefficient (Wildman–Crippen LogP) is 0.581. The zero-order chi connectivity index (χ0) is 12.0. The summed E-state index contributed by atoms with van der Waals surface area (Å²) in [6, 6.07) is 2.63. The largest absolute Gasteiger partial charge is 0.368 e. The first-order chi connectivity index (χ1) is 8.87. The molecule has 3 heterocycles. The number of nitrogens with one attached hydrogen (secondary N) is 3. The van der Waals surface area contributed by atoms with Crippen molar-refractivity contribution in [3.05, 3.63) is 12.3 Å². The van der Waals surface area contributed by atoms with E-state index < -0.39 is 0 Å². The summed E-state index contributed by atoms with van der Waals surface area (Å²) in [6.45, 7) is 4.32.